The number of amides is 1. The summed E-state index contributed by atoms with van der Waals surface area (Å²) in [7, 11) is 0. The van der Waals surface area contributed by atoms with Crippen molar-refractivity contribution < 1.29 is 9.18 Å². The zero-order chi connectivity index (χ0) is 18.7. The number of hydrogen-bond donors (Lipinski definition) is 0. The summed E-state index contributed by atoms with van der Waals surface area (Å²) in [5.74, 6) is 0.441. The predicted molar refractivity (Wildman–Crippen MR) is 108 cm³/mol. The number of thiazole rings is 1. The van der Waals surface area contributed by atoms with Crippen LogP contribution in [0.4, 0.5) is 4.39 Å². The summed E-state index contributed by atoms with van der Waals surface area (Å²) in [6.07, 6.45) is 2.25. The lowest BCUT2D eigenvalue weighted by molar-refractivity contribution is -0.117. The number of aryl methyl sites for hydroxylation is 3. The Hall–Kier alpha value is -1.92. The molecule has 2 aromatic carbocycles. The van der Waals surface area contributed by atoms with Crippen LogP contribution in [0.1, 0.15) is 16.7 Å². The minimum Gasteiger partial charge on any atom is -0.316 e. The molecule has 1 aromatic heterocycles. The van der Waals surface area contributed by atoms with Gasteiger partial charge in [0.15, 0.2) is 4.80 Å². The Morgan fingerprint density at radius 1 is 1.19 bits per heavy atom. The lowest BCUT2D eigenvalue weighted by atomic mass is 10.1. The van der Waals surface area contributed by atoms with Gasteiger partial charge in [0.2, 0.25) is 0 Å². The number of aromatic nitrogens is 1. The topological polar surface area (TPSA) is 34.4 Å². The maximum absolute atomic E-state index is 13.0. The molecule has 3 nitrogen and oxygen atoms in total. The van der Waals surface area contributed by atoms with E-state index < -0.39 is 0 Å². The van der Waals surface area contributed by atoms with Crippen LogP contribution in [0.5, 0.6) is 0 Å². The van der Waals surface area contributed by atoms with Crippen molar-refractivity contribution in [2.45, 2.75) is 26.8 Å². The summed E-state index contributed by atoms with van der Waals surface area (Å²) in [6, 6.07) is 10.3. The number of thioether (sulfide) groups is 1. The third kappa shape index (κ3) is 4.24. The number of benzene rings is 2. The van der Waals surface area contributed by atoms with Crippen LogP contribution >= 0.6 is 23.1 Å². The molecule has 0 unspecified atom stereocenters. The van der Waals surface area contributed by atoms with Gasteiger partial charge in [0.05, 0.1) is 16.6 Å². The summed E-state index contributed by atoms with van der Waals surface area (Å²) >= 11 is 3.31. The van der Waals surface area contributed by atoms with E-state index in [1.54, 1.807) is 35.2 Å². The smallest absolute Gasteiger partial charge is 0.252 e. The molecule has 0 fully saturated rings. The van der Waals surface area contributed by atoms with Crippen LogP contribution in [0.25, 0.3) is 10.2 Å². The van der Waals surface area contributed by atoms with E-state index in [1.165, 1.54) is 23.3 Å². The van der Waals surface area contributed by atoms with Gasteiger partial charge in [-0.15, -0.1) is 0 Å². The van der Waals surface area contributed by atoms with Crippen molar-refractivity contribution in [2.24, 2.45) is 4.99 Å². The molecule has 0 atom stereocenters. The first-order chi connectivity index (χ1) is 12.5. The molecular weight excluding hydrogens is 367 g/mol. The van der Waals surface area contributed by atoms with Gasteiger partial charge in [0.25, 0.3) is 5.91 Å². The number of carbonyl (C=O) groups is 1. The third-order valence-electron chi connectivity index (χ3n) is 4.31. The second-order valence-electron chi connectivity index (χ2n) is 6.24. The van der Waals surface area contributed by atoms with Crippen molar-refractivity contribution in [1.82, 2.24) is 4.57 Å². The minimum absolute atomic E-state index is 0.176. The zero-order valence-corrected chi connectivity index (χ0v) is 16.7. The fourth-order valence-electron chi connectivity index (χ4n) is 2.73. The molecule has 6 heteroatoms. The Balaban J connectivity index is 1.99. The van der Waals surface area contributed by atoms with Crippen LogP contribution in [0.15, 0.2) is 41.4 Å². The highest BCUT2D eigenvalue weighted by atomic mass is 32.2. The van der Waals surface area contributed by atoms with E-state index in [9.17, 15) is 9.18 Å². The summed E-state index contributed by atoms with van der Waals surface area (Å²) in [5.41, 5.74) is 4.36. The van der Waals surface area contributed by atoms with Crippen molar-refractivity contribution in [3.05, 3.63) is 63.7 Å². The fourth-order valence-corrected chi connectivity index (χ4v) is 4.25. The van der Waals surface area contributed by atoms with Crippen molar-refractivity contribution in [3.8, 4) is 0 Å². The number of fused-ring (bicyclic) bond motifs is 1. The zero-order valence-electron chi connectivity index (χ0n) is 15.1. The minimum atomic E-state index is -0.303. The van der Waals surface area contributed by atoms with Crippen LogP contribution in [0.3, 0.4) is 0 Å². The first-order valence-corrected chi connectivity index (χ1v) is 10.6. The van der Waals surface area contributed by atoms with Gasteiger partial charge < -0.3 is 4.57 Å². The summed E-state index contributed by atoms with van der Waals surface area (Å²) in [6.45, 7) is 5.01. The first kappa shape index (κ1) is 18.9. The van der Waals surface area contributed by atoms with E-state index >= 15 is 0 Å². The van der Waals surface area contributed by atoms with Crippen molar-refractivity contribution in [1.29, 1.82) is 0 Å². The highest BCUT2D eigenvalue weighted by Gasteiger charge is 2.10. The van der Waals surface area contributed by atoms with E-state index in [-0.39, 0.29) is 18.1 Å². The Morgan fingerprint density at radius 2 is 1.88 bits per heavy atom. The molecule has 1 amide bonds. The van der Waals surface area contributed by atoms with Crippen LogP contribution in [-0.4, -0.2) is 22.5 Å². The van der Waals surface area contributed by atoms with Gasteiger partial charge in [-0.2, -0.15) is 16.8 Å². The second-order valence-corrected chi connectivity index (χ2v) is 8.24. The molecule has 3 rings (SSSR count). The highest BCUT2D eigenvalue weighted by Crippen LogP contribution is 2.22. The molecule has 0 saturated carbocycles. The summed E-state index contributed by atoms with van der Waals surface area (Å²) in [5, 5.41) is 0. The van der Waals surface area contributed by atoms with Crippen LogP contribution in [0.2, 0.25) is 0 Å². The van der Waals surface area contributed by atoms with Gasteiger partial charge in [0.1, 0.15) is 5.82 Å². The average Bonchev–Trinajstić information content (AvgIpc) is 2.91. The standard InChI is InChI=1S/C20H21FN2OS2/c1-13-10-17-18(11-14(13)2)26-20(23(17)8-9-25-3)22-19(24)12-15-4-6-16(21)7-5-15/h4-7,10-11H,8-9,12H2,1-3H3. The van der Waals surface area contributed by atoms with Crippen LogP contribution < -0.4 is 4.80 Å². The normalized spacial score (nSPS) is 12.1. The Bertz CT molecular complexity index is 1000. The van der Waals surface area contributed by atoms with Crippen molar-refractivity contribution in [2.75, 3.05) is 12.0 Å². The number of halogens is 1. The van der Waals surface area contributed by atoms with Crippen LogP contribution in [0, 0.1) is 19.7 Å². The maximum atomic E-state index is 13.0. The van der Waals surface area contributed by atoms with Gasteiger partial charge in [-0.05, 0) is 61.1 Å². The molecule has 0 aliphatic heterocycles. The lowest BCUT2D eigenvalue weighted by Gasteiger charge is -2.06. The third-order valence-corrected chi connectivity index (χ3v) is 5.94. The molecule has 3 aromatic rings. The molecule has 0 aliphatic carbocycles. The monoisotopic (exact) mass is 388 g/mol. The fraction of sp³-hybridized carbons (Fsp3) is 0.300. The predicted octanol–water partition coefficient (Wildman–Crippen LogP) is 4.49. The molecule has 0 aliphatic rings. The Labute approximate surface area is 160 Å². The molecular formula is C20H21FN2OS2. The second kappa shape index (κ2) is 8.18. The molecule has 0 spiro atoms. The van der Waals surface area contributed by atoms with Gasteiger partial charge in [0, 0.05) is 12.3 Å². The molecule has 0 saturated heterocycles. The number of hydrogen-bond acceptors (Lipinski definition) is 3. The molecule has 1 heterocycles. The van der Waals surface area contributed by atoms with E-state index in [1.807, 2.05) is 0 Å². The van der Waals surface area contributed by atoms with E-state index in [2.05, 4.69) is 41.8 Å². The first-order valence-electron chi connectivity index (χ1n) is 8.39. The highest BCUT2D eigenvalue weighted by molar-refractivity contribution is 7.98. The van der Waals surface area contributed by atoms with Crippen molar-refractivity contribution >= 4 is 39.2 Å². The Kier molecular flexibility index (Phi) is 5.94. The molecule has 26 heavy (non-hydrogen) atoms. The van der Waals surface area contributed by atoms with Gasteiger partial charge >= 0.3 is 0 Å². The van der Waals surface area contributed by atoms with Crippen LogP contribution in [-0.2, 0) is 17.8 Å². The van der Waals surface area contributed by atoms with E-state index in [0.29, 0.717) is 0 Å². The summed E-state index contributed by atoms with van der Waals surface area (Å²) < 4.78 is 16.3. The number of carbonyl (C=O) groups excluding carboxylic acids is 1. The lowest BCUT2D eigenvalue weighted by Crippen LogP contribution is -2.18. The SMILES string of the molecule is CSCCn1c(=NC(=O)Cc2ccc(F)cc2)sc2cc(C)c(C)cc21. The van der Waals surface area contributed by atoms with Gasteiger partial charge in [-0.3, -0.25) is 4.79 Å². The van der Waals surface area contributed by atoms with Gasteiger partial charge in [-0.1, -0.05) is 23.5 Å². The average molecular weight is 389 g/mol. The van der Waals surface area contributed by atoms with Crippen molar-refractivity contribution in [3.63, 3.8) is 0 Å². The quantitative estimate of drug-likeness (QED) is 0.645. The summed E-state index contributed by atoms with van der Waals surface area (Å²) in [4.78, 5) is 17.5. The number of rotatable bonds is 5. The molecule has 0 bridgehead atoms. The molecule has 0 radical (unpaired) electrons. The molecule has 136 valence electrons. The largest absolute Gasteiger partial charge is 0.316 e. The van der Waals surface area contributed by atoms with Gasteiger partial charge in [-0.25, -0.2) is 4.39 Å². The van der Waals surface area contributed by atoms with E-state index in [0.717, 1.165) is 32.9 Å². The van der Waals surface area contributed by atoms with E-state index in [4.69, 9.17) is 0 Å². The number of nitrogens with zero attached hydrogens (tertiary/aromatic N) is 2. The Morgan fingerprint density at radius 3 is 2.58 bits per heavy atom. The molecule has 0 N–H and O–H groups in total. The maximum Gasteiger partial charge on any atom is 0.252 e.